The summed E-state index contributed by atoms with van der Waals surface area (Å²) in [6.45, 7) is 0.781. The normalized spacial score (nSPS) is 17.4. The third kappa shape index (κ3) is 3.96. The van der Waals surface area contributed by atoms with Crippen LogP contribution in [-0.2, 0) is 17.6 Å². The Balaban J connectivity index is 1.59. The molecule has 0 saturated carbocycles. The van der Waals surface area contributed by atoms with Gasteiger partial charge >= 0.3 is 0 Å². The first-order valence-electron chi connectivity index (χ1n) is 10.5. The Morgan fingerprint density at radius 2 is 2.06 bits per heavy atom. The van der Waals surface area contributed by atoms with E-state index < -0.39 is 5.95 Å². The molecule has 1 amide bonds. The molecule has 9 heteroatoms. The molecule has 2 N–H and O–H groups in total. The Hall–Kier alpha value is -3.46. The van der Waals surface area contributed by atoms with Crippen molar-refractivity contribution in [3.05, 3.63) is 59.9 Å². The Morgan fingerprint density at radius 3 is 2.81 bits per heavy atom. The average Bonchev–Trinajstić information content (AvgIpc) is 3.48. The van der Waals surface area contributed by atoms with Crippen molar-refractivity contribution in [3.63, 3.8) is 0 Å². The molecule has 1 fully saturated rings. The molecule has 1 unspecified atom stereocenters. The quantitative estimate of drug-likeness (QED) is 0.614. The fourth-order valence-electron chi connectivity index (χ4n) is 4.07. The van der Waals surface area contributed by atoms with Gasteiger partial charge in [0.25, 0.3) is 5.91 Å². The van der Waals surface area contributed by atoms with Gasteiger partial charge in [0.05, 0.1) is 23.6 Å². The van der Waals surface area contributed by atoms with Crippen molar-refractivity contribution in [2.75, 3.05) is 16.8 Å². The number of fused-ring (bicyclic) bond motifs is 1. The van der Waals surface area contributed by atoms with Crippen molar-refractivity contribution in [2.45, 2.75) is 38.1 Å². The number of rotatable bonds is 5. The maximum absolute atomic E-state index is 13.5. The van der Waals surface area contributed by atoms with Crippen molar-refractivity contribution in [2.24, 2.45) is 0 Å². The summed E-state index contributed by atoms with van der Waals surface area (Å²) in [5.41, 5.74) is 2.38. The largest absolute Gasteiger partial charge is 0.325 e. The number of aryl methyl sites for hydroxylation is 1. The van der Waals surface area contributed by atoms with E-state index in [-0.39, 0.29) is 17.9 Å². The van der Waals surface area contributed by atoms with Gasteiger partial charge in [-0.2, -0.15) is 9.37 Å². The smallest absolute Gasteiger partial charge is 0.251 e. The number of amides is 1. The van der Waals surface area contributed by atoms with E-state index in [1.165, 1.54) is 23.2 Å². The van der Waals surface area contributed by atoms with Crippen LogP contribution in [0, 0.1) is 5.95 Å². The number of aromatic nitrogens is 4. The molecule has 3 aromatic heterocycles. The lowest BCUT2D eigenvalue weighted by Crippen LogP contribution is -2.42. The van der Waals surface area contributed by atoms with Crippen LogP contribution in [0.2, 0.25) is 0 Å². The zero-order valence-corrected chi connectivity index (χ0v) is 16.9. The van der Waals surface area contributed by atoms with Crippen molar-refractivity contribution in [1.82, 2.24) is 25.3 Å². The molecular weight excluding hydrogens is 397 g/mol. The van der Waals surface area contributed by atoms with E-state index in [1.807, 2.05) is 18.2 Å². The third-order valence-electron chi connectivity index (χ3n) is 5.58. The number of pyridine rings is 2. The van der Waals surface area contributed by atoms with Gasteiger partial charge in [-0.1, -0.05) is 6.07 Å². The van der Waals surface area contributed by atoms with E-state index in [2.05, 4.69) is 20.6 Å². The highest BCUT2D eigenvalue weighted by molar-refractivity contribution is 6.02. The molecule has 0 bridgehead atoms. The lowest BCUT2D eigenvalue weighted by Gasteiger charge is -2.25. The summed E-state index contributed by atoms with van der Waals surface area (Å²) in [6.07, 6.45) is 7.34. The topological polar surface area (TPSA) is 95.9 Å². The molecule has 31 heavy (non-hydrogen) atoms. The molecule has 8 nitrogen and oxygen atoms in total. The van der Waals surface area contributed by atoms with Crippen LogP contribution in [-0.4, -0.2) is 38.4 Å². The molecule has 0 aromatic carbocycles. The third-order valence-corrected chi connectivity index (χ3v) is 5.58. The molecule has 2 aliphatic rings. The molecule has 0 radical (unpaired) electrons. The van der Waals surface area contributed by atoms with E-state index in [9.17, 15) is 9.18 Å². The molecule has 1 saturated heterocycles. The second kappa shape index (κ2) is 8.35. The Morgan fingerprint density at radius 1 is 1.13 bits per heavy atom. The second-order valence-electron chi connectivity index (χ2n) is 7.65. The zero-order chi connectivity index (χ0) is 21.2. The Bertz CT molecular complexity index is 1090. The van der Waals surface area contributed by atoms with Crippen molar-refractivity contribution in [3.8, 4) is 0 Å². The van der Waals surface area contributed by atoms with E-state index in [4.69, 9.17) is 9.97 Å². The van der Waals surface area contributed by atoms with Crippen LogP contribution in [0.5, 0.6) is 0 Å². The fraction of sp³-hybridized carbons (Fsp3) is 0.318. The summed E-state index contributed by atoms with van der Waals surface area (Å²) in [4.78, 5) is 32.4. The molecule has 5 rings (SSSR count). The van der Waals surface area contributed by atoms with Crippen LogP contribution >= 0.6 is 0 Å². The van der Waals surface area contributed by atoms with Crippen LogP contribution in [0.4, 0.5) is 27.7 Å². The minimum atomic E-state index is -0.609. The highest BCUT2D eigenvalue weighted by atomic mass is 19.1. The van der Waals surface area contributed by atoms with Gasteiger partial charge in [0.1, 0.15) is 11.6 Å². The van der Waals surface area contributed by atoms with Crippen molar-refractivity contribution in [1.29, 1.82) is 0 Å². The summed E-state index contributed by atoms with van der Waals surface area (Å²) in [5, 5.41) is 6.50. The average molecular weight is 419 g/mol. The number of carbonyl (C=O) groups is 1. The van der Waals surface area contributed by atoms with Crippen molar-refractivity contribution >= 4 is 29.2 Å². The maximum atomic E-state index is 13.5. The lowest BCUT2D eigenvalue weighted by atomic mass is 10.2. The molecule has 3 aromatic rings. The Labute approximate surface area is 179 Å². The summed E-state index contributed by atoms with van der Waals surface area (Å²) in [7, 11) is 0. The van der Waals surface area contributed by atoms with Crippen LogP contribution in [0.25, 0.3) is 0 Å². The summed E-state index contributed by atoms with van der Waals surface area (Å²) in [6, 6.07) is 8.02. The van der Waals surface area contributed by atoms with Gasteiger partial charge in [-0.15, -0.1) is 0 Å². The van der Waals surface area contributed by atoms with Crippen LogP contribution in [0.15, 0.2) is 42.7 Å². The molecule has 4 heterocycles. The van der Waals surface area contributed by atoms with Gasteiger partial charge in [-0.3, -0.25) is 4.79 Å². The number of anilines is 4. The first-order chi connectivity index (χ1) is 15.2. The van der Waals surface area contributed by atoms with Crippen LogP contribution < -0.4 is 15.5 Å². The minimum absolute atomic E-state index is 0.173. The lowest BCUT2D eigenvalue weighted by molar-refractivity contribution is -0.119. The first-order valence-corrected chi connectivity index (χ1v) is 10.5. The predicted molar refractivity (Wildman–Crippen MR) is 114 cm³/mol. The second-order valence-corrected chi connectivity index (χ2v) is 7.65. The van der Waals surface area contributed by atoms with Crippen molar-refractivity contribution < 1.29 is 9.18 Å². The molecule has 1 aliphatic heterocycles. The zero-order valence-electron chi connectivity index (χ0n) is 16.9. The number of nitrogens with zero attached hydrogens (tertiary/aromatic N) is 5. The summed E-state index contributed by atoms with van der Waals surface area (Å²) in [5.74, 6) is 0.782. The predicted octanol–water partition coefficient (Wildman–Crippen LogP) is 3.05. The number of nitrogens with one attached hydrogen (secondary N) is 2. The number of carbonyl (C=O) groups excluding carboxylic acids is 1. The van der Waals surface area contributed by atoms with E-state index in [0.717, 1.165) is 49.9 Å². The van der Waals surface area contributed by atoms with Gasteiger partial charge < -0.3 is 10.6 Å². The van der Waals surface area contributed by atoms with E-state index in [1.54, 1.807) is 6.20 Å². The van der Waals surface area contributed by atoms with Gasteiger partial charge in [0.15, 0.2) is 0 Å². The first kappa shape index (κ1) is 19.5. The number of halogens is 1. The van der Waals surface area contributed by atoms with Crippen LogP contribution in [0.3, 0.4) is 0 Å². The van der Waals surface area contributed by atoms with Gasteiger partial charge in [-0.25, -0.2) is 19.9 Å². The highest BCUT2D eigenvalue weighted by Crippen LogP contribution is 2.33. The van der Waals surface area contributed by atoms with Crippen LogP contribution in [0.1, 0.15) is 30.5 Å². The van der Waals surface area contributed by atoms with E-state index >= 15 is 0 Å². The molecule has 1 aliphatic carbocycles. The molecule has 1 atom stereocenters. The standard InChI is InChI=1S/C22H22FN7O/c23-18-10-9-14(13-26-18)30(21(31)17-7-4-12-24-17)22-27-16-6-3-5-15(16)20(29-22)28-19-8-1-2-11-25-19/h1-2,8-11,13,17,24H,3-7,12H2,(H,25,27,28,29). The summed E-state index contributed by atoms with van der Waals surface area (Å²) < 4.78 is 13.5. The molecule has 158 valence electrons. The Kier molecular flexibility index (Phi) is 5.25. The SMILES string of the molecule is O=C(C1CCCN1)N(c1ccc(F)nc1)c1nc2c(c(Nc3ccccn3)n1)CCC2. The van der Waals surface area contributed by atoms with E-state index in [0.29, 0.717) is 17.3 Å². The monoisotopic (exact) mass is 419 g/mol. The molecular formula is C22H22FN7O. The number of hydrogen-bond acceptors (Lipinski definition) is 7. The summed E-state index contributed by atoms with van der Waals surface area (Å²) >= 11 is 0. The highest BCUT2D eigenvalue weighted by Gasteiger charge is 2.32. The molecule has 0 spiro atoms. The van der Waals surface area contributed by atoms with Gasteiger partial charge in [0.2, 0.25) is 11.9 Å². The number of hydrogen-bond donors (Lipinski definition) is 2. The van der Waals surface area contributed by atoms with Gasteiger partial charge in [0, 0.05) is 11.8 Å². The van der Waals surface area contributed by atoms with Gasteiger partial charge in [-0.05, 0) is 62.9 Å². The minimum Gasteiger partial charge on any atom is -0.325 e. The maximum Gasteiger partial charge on any atom is 0.251 e. The fourth-order valence-corrected chi connectivity index (χ4v) is 4.07.